The first-order valence-corrected chi connectivity index (χ1v) is 6.34. The monoisotopic (exact) mass is 232 g/mol. The van der Waals surface area contributed by atoms with Crippen LogP contribution in [0.25, 0.3) is 0 Å². The average molecular weight is 232 g/mol. The minimum atomic E-state index is 0.0187. The summed E-state index contributed by atoms with van der Waals surface area (Å²) >= 11 is 0. The largest absolute Gasteiger partial charge is 0.350 e. The molecule has 0 aliphatic carbocycles. The number of carbonyl (C=O) groups is 1. The maximum Gasteiger partial charge on any atom is 0.251 e. The van der Waals surface area contributed by atoms with Gasteiger partial charge < -0.3 is 10.6 Å². The van der Waals surface area contributed by atoms with Gasteiger partial charge in [-0.25, -0.2) is 0 Å². The van der Waals surface area contributed by atoms with E-state index in [2.05, 4.69) is 17.6 Å². The second-order valence-corrected chi connectivity index (χ2v) is 4.76. The highest BCUT2D eigenvalue weighted by Crippen LogP contribution is 2.14. The van der Waals surface area contributed by atoms with Gasteiger partial charge in [-0.2, -0.15) is 0 Å². The molecule has 1 fully saturated rings. The van der Waals surface area contributed by atoms with Crippen molar-refractivity contribution in [2.75, 3.05) is 13.1 Å². The number of hydrogen-bond donors (Lipinski definition) is 2. The van der Waals surface area contributed by atoms with Gasteiger partial charge in [0.2, 0.25) is 0 Å². The van der Waals surface area contributed by atoms with Gasteiger partial charge in [-0.3, -0.25) is 4.79 Å². The normalized spacial score (nSPS) is 24.3. The van der Waals surface area contributed by atoms with Crippen LogP contribution in [0.1, 0.15) is 30.1 Å². The molecular weight excluding hydrogens is 212 g/mol. The number of rotatable bonds is 3. The first kappa shape index (κ1) is 12.1. The molecule has 1 saturated heterocycles. The van der Waals surface area contributed by atoms with Crippen LogP contribution in [0.5, 0.6) is 0 Å². The number of piperidine rings is 1. The number of nitrogens with one attached hydrogen (secondary N) is 2. The van der Waals surface area contributed by atoms with Gasteiger partial charge >= 0.3 is 0 Å². The number of hydrogen-bond acceptors (Lipinski definition) is 2. The van der Waals surface area contributed by atoms with Crippen molar-refractivity contribution in [2.45, 2.75) is 25.8 Å². The fourth-order valence-electron chi connectivity index (χ4n) is 2.28. The third kappa shape index (κ3) is 3.30. The fourth-order valence-corrected chi connectivity index (χ4v) is 2.28. The molecule has 2 atom stereocenters. The summed E-state index contributed by atoms with van der Waals surface area (Å²) < 4.78 is 0. The van der Waals surface area contributed by atoms with Crippen molar-refractivity contribution in [3.63, 3.8) is 0 Å². The molecule has 2 N–H and O–H groups in total. The predicted octanol–water partition coefficient (Wildman–Crippen LogP) is 1.80. The SMILES string of the molecule is CC1CCCNC1CNC(=O)c1ccccc1. The highest BCUT2D eigenvalue weighted by atomic mass is 16.1. The molecule has 0 saturated carbocycles. The molecule has 17 heavy (non-hydrogen) atoms. The van der Waals surface area contributed by atoms with Gasteiger partial charge in [-0.05, 0) is 37.4 Å². The number of amides is 1. The molecule has 1 amide bonds. The molecule has 1 heterocycles. The molecule has 1 aliphatic rings. The zero-order valence-corrected chi connectivity index (χ0v) is 10.3. The zero-order chi connectivity index (χ0) is 12.1. The first-order valence-electron chi connectivity index (χ1n) is 6.34. The van der Waals surface area contributed by atoms with Crippen LogP contribution in [-0.2, 0) is 0 Å². The standard InChI is InChI=1S/C14H20N2O/c1-11-6-5-9-15-13(11)10-16-14(17)12-7-3-2-4-8-12/h2-4,7-8,11,13,15H,5-6,9-10H2,1H3,(H,16,17). The highest BCUT2D eigenvalue weighted by molar-refractivity contribution is 5.94. The molecule has 0 bridgehead atoms. The smallest absolute Gasteiger partial charge is 0.251 e. The summed E-state index contributed by atoms with van der Waals surface area (Å²) in [6.45, 7) is 4.02. The van der Waals surface area contributed by atoms with Gasteiger partial charge in [0, 0.05) is 18.2 Å². The Labute approximate surface area is 103 Å². The van der Waals surface area contributed by atoms with Crippen molar-refractivity contribution in [1.82, 2.24) is 10.6 Å². The maximum absolute atomic E-state index is 11.9. The lowest BCUT2D eigenvalue weighted by atomic mass is 9.93. The predicted molar refractivity (Wildman–Crippen MR) is 69.0 cm³/mol. The lowest BCUT2D eigenvalue weighted by Gasteiger charge is -2.30. The number of benzene rings is 1. The van der Waals surface area contributed by atoms with Gasteiger partial charge in [0.1, 0.15) is 0 Å². The Bertz CT molecular complexity index is 364. The molecule has 92 valence electrons. The Hall–Kier alpha value is -1.35. The second-order valence-electron chi connectivity index (χ2n) is 4.76. The Morgan fingerprint density at radius 2 is 2.18 bits per heavy atom. The summed E-state index contributed by atoms with van der Waals surface area (Å²) in [5, 5.41) is 6.46. The molecule has 3 heteroatoms. The highest BCUT2D eigenvalue weighted by Gasteiger charge is 2.20. The van der Waals surface area contributed by atoms with Crippen molar-refractivity contribution in [3.05, 3.63) is 35.9 Å². The molecule has 0 radical (unpaired) electrons. The van der Waals surface area contributed by atoms with Gasteiger partial charge in [0.25, 0.3) is 5.91 Å². The van der Waals surface area contributed by atoms with E-state index in [0.717, 1.165) is 18.7 Å². The maximum atomic E-state index is 11.9. The lowest BCUT2D eigenvalue weighted by molar-refractivity contribution is 0.0943. The molecule has 0 aromatic heterocycles. The zero-order valence-electron chi connectivity index (χ0n) is 10.3. The summed E-state index contributed by atoms with van der Waals surface area (Å²) in [5.74, 6) is 0.657. The van der Waals surface area contributed by atoms with E-state index in [1.807, 2.05) is 30.3 Å². The first-order chi connectivity index (χ1) is 8.27. The van der Waals surface area contributed by atoms with Gasteiger partial charge in [0.15, 0.2) is 0 Å². The Morgan fingerprint density at radius 1 is 1.41 bits per heavy atom. The van der Waals surface area contributed by atoms with Crippen LogP contribution in [0, 0.1) is 5.92 Å². The van der Waals surface area contributed by atoms with Crippen LogP contribution in [0.4, 0.5) is 0 Å². The minimum absolute atomic E-state index is 0.0187. The quantitative estimate of drug-likeness (QED) is 0.834. The summed E-state index contributed by atoms with van der Waals surface area (Å²) in [7, 11) is 0. The third-order valence-corrected chi connectivity index (χ3v) is 3.45. The molecule has 1 aliphatic heterocycles. The topological polar surface area (TPSA) is 41.1 Å². The molecule has 2 unspecified atom stereocenters. The van der Waals surface area contributed by atoms with E-state index >= 15 is 0 Å². The van der Waals surface area contributed by atoms with E-state index < -0.39 is 0 Å². The van der Waals surface area contributed by atoms with E-state index in [4.69, 9.17) is 0 Å². The Morgan fingerprint density at radius 3 is 2.88 bits per heavy atom. The molecule has 1 aromatic carbocycles. The van der Waals surface area contributed by atoms with Crippen molar-refractivity contribution >= 4 is 5.91 Å². The van der Waals surface area contributed by atoms with E-state index in [9.17, 15) is 4.79 Å². The fraction of sp³-hybridized carbons (Fsp3) is 0.500. The van der Waals surface area contributed by atoms with Crippen molar-refractivity contribution in [3.8, 4) is 0 Å². The molecular formula is C14H20N2O. The van der Waals surface area contributed by atoms with Crippen molar-refractivity contribution in [1.29, 1.82) is 0 Å². The van der Waals surface area contributed by atoms with Crippen LogP contribution >= 0.6 is 0 Å². The van der Waals surface area contributed by atoms with E-state index in [1.165, 1.54) is 12.8 Å². The summed E-state index contributed by atoms with van der Waals surface area (Å²) in [6.07, 6.45) is 2.49. The summed E-state index contributed by atoms with van der Waals surface area (Å²) in [6, 6.07) is 9.78. The molecule has 0 spiro atoms. The minimum Gasteiger partial charge on any atom is -0.350 e. The van der Waals surface area contributed by atoms with Gasteiger partial charge in [-0.1, -0.05) is 25.1 Å². The second kappa shape index (κ2) is 5.82. The molecule has 3 nitrogen and oxygen atoms in total. The summed E-state index contributed by atoms with van der Waals surface area (Å²) in [5.41, 5.74) is 0.732. The third-order valence-electron chi connectivity index (χ3n) is 3.45. The molecule has 1 aromatic rings. The summed E-state index contributed by atoms with van der Waals surface area (Å²) in [4.78, 5) is 11.9. The van der Waals surface area contributed by atoms with Crippen LogP contribution in [0.3, 0.4) is 0 Å². The van der Waals surface area contributed by atoms with Crippen LogP contribution in [0.2, 0.25) is 0 Å². The van der Waals surface area contributed by atoms with E-state index in [-0.39, 0.29) is 5.91 Å². The lowest BCUT2D eigenvalue weighted by Crippen LogP contribution is -2.47. The van der Waals surface area contributed by atoms with Crippen LogP contribution < -0.4 is 10.6 Å². The molecule has 2 rings (SSSR count). The van der Waals surface area contributed by atoms with Crippen molar-refractivity contribution < 1.29 is 4.79 Å². The van der Waals surface area contributed by atoms with Crippen molar-refractivity contribution in [2.24, 2.45) is 5.92 Å². The Kier molecular flexibility index (Phi) is 4.15. The Balaban J connectivity index is 1.84. The average Bonchev–Trinajstić information content (AvgIpc) is 2.38. The van der Waals surface area contributed by atoms with E-state index in [0.29, 0.717) is 12.0 Å². The van der Waals surface area contributed by atoms with Gasteiger partial charge in [0.05, 0.1) is 0 Å². The number of carbonyl (C=O) groups excluding carboxylic acids is 1. The van der Waals surface area contributed by atoms with Gasteiger partial charge in [-0.15, -0.1) is 0 Å². The van der Waals surface area contributed by atoms with Crippen LogP contribution in [-0.4, -0.2) is 25.0 Å². The van der Waals surface area contributed by atoms with Crippen LogP contribution in [0.15, 0.2) is 30.3 Å². The van der Waals surface area contributed by atoms with E-state index in [1.54, 1.807) is 0 Å².